The topological polar surface area (TPSA) is 53.4 Å². The fourth-order valence-electron chi connectivity index (χ4n) is 1.12. The molecular formula is C10H16N2O3. The molecule has 5 nitrogen and oxygen atoms in total. The normalized spacial score (nSPS) is 10.5. The number of hydrogen-bond acceptors (Lipinski definition) is 4. The van der Waals surface area contributed by atoms with Crippen LogP contribution in [-0.2, 0) is 16.5 Å². The van der Waals surface area contributed by atoms with Crippen molar-refractivity contribution in [2.45, 2.75) is 6.42 Å². The molecule has 1 heterocycles. The molecule has 1 aromatic rings. The average Bonchev–Trinajstić information content (AvgIpc) is 2.64. The lowest BCUT2D eigenvalue weighted by atomic mass is 10.2. The molecule has 5 heteroatoms. The number of nitrogens with zero attached hydrogens (tertiary/aromatic N) is 2. The number of ketones is 1. The van der Waals surface area contributed by atoms with Gasteiger partial charge in [0.25, 0.3) is 0 Å². The first-order chi connectivity index (χ1) is 7.24. The zero-order valence-corrected chi connectivity index (χ0v) is 9.10. The van der Waals surface area contributed by atoms with Gasteiger partial charge in [0.1, 0.15) is 0 Å². The van der Waals surface area contributed by atoms with Crippen molar-refractivity contribution in [1.82, 2.24) is 9.78 Å². The molecule has 0 aliphatic rings. The minimum absolute atomic E-state index is 0.0560. The molecule has 0 aromatic carbocycles. The third-order valence-corrected chi connectivity index (χ3v) is 1.93. The molecule has 0 unspecified atom stereocenters. The largest absolute Gasteiger partial charge is 0.382 e. The molecule has 0 fully saturated rings. The van der Waals surface area contributed by atoms with Crippen molar-refractivity contribution in [3.05, 3.63) is 18.0 Å². The molecule has 1 aromatic heterocycles. The van der Waals surface area contributed by atoms with Gasteiger partial charge in [-0.05, 0) is 0 Å². The molecule has 0 amide bonds. The van der Waals surface area contributed by atoms with Crippen LogP contribution in [-0.4, -0.2) is 42.5 Å². The van der Waals surface area contributed by atoms with E-state index in [-0.39, 0.29) is 5.78 Å². The first-order valence-electron chi connectivity index (χ1n) is 4.82. The van der Waals surface area contributed by atoms with Gasteiger partial charge in [-0.1, -0.05) is 0 Å². The number of rotatable bonds is 7. The van der Waals surface area contributed by atoms with Crippen molar-refractivity contribution in [2.24, 2.45) is 7.05 Å². The van der Waals surface area contributed by atoms with Crippen LogP contribution in [0.1, 0.15) is 16.8 Å². The van der Waals surface area contributed by atoms with Gasteiger partial charge < -0.3 is 9.47 Å². The van der Waals surface area contributed by atoms with Gasteiger partial charge in [-0.25, -0.2) is 0 Å². The molecule has 0 aliphatic heterocycles. The molecule has 1 rings (SSSR count). The molecule has 0 aliphatic carbocycles. The summed E-state index contributed by atoms with van der Waals surface area (Å²) < 4.78 is 11.6. The zero-order valence-electron chi connectivity index (χ0n) is 9.10. The van der Waals surface area contributed by atoms with Crippen LogP contribution in [0.25, 0.3) is 0 Å². The van der Waals surface area contributed by atoms with Crippen LogP contribution in [0.3, 0.4) is 0 Å². The Bertz CT molecular complexity index is 309. The molecule has 0 atom stereocenters. The third kappa shape index (κ3) is 4.22. The number of ether oxygens (including phenoxy) is 2. The van der Waals surface area contributed by atoms with Gasteiger partial charge >= 0.3 is 0 Å². The van der Waals surface area contributed by atoms with Crippen LogP contribution < -0.4 is 0 Å². The van der Waals surface area contributed by atoms with Gasteiger partial charge in [-0.2, -0.15) is 5.10 Å². The van der Waals surface area contributed by atoms with E-state index in [0.717, 1.165) is 0 Å². The summed E-state index contributed by atoms with van der Waals surface area (Å²) >= 11 is 0. The summed E-state index contributed by atoms with van der Waals surface area (Å²) in [5.74, 6) is 0.0560. The van der Waals surface area contributed by atoms with Crippen molar-refractivity contribution in [3.63, 3.8) is 0 Å². The smallest absolute Gasteiger partial charge is 0.168 e. The second-order valence-electron chi connectivity index (χ2n) is 3.18. The van der Waals surface area contributed by atoms with E-state index in [1.807, 2.05) is 0 Å². The van der Waals surface area contributed by atoms with Crippen molar-refractivity contribution in [3.8, 4) is 0 Å². The summed E-state index contributed by atoms with van der Waals surface area (Å²) in [6, 6.07) is 0. The van der Waals surface area contributed by atoms with E-state index in [2.05, 4.69) is 5.10 Å². The Kier molecular flexibility index (Phi) is 5.00. The molecule has 15 heavy (non-hydrogen) atoms. The molecule has 0 saturated carbocycles. The Labute approximate surface area is 89.0 Å². The van der Waals surface area contributed by atoms with Crippen LogP contribution in [0.5, 0.6) is 0 Å². The first kappa shape index (κ1) is 11.9. The SMILES string of the molecule is COCCOCCC(=O)c1cnn(C)c1. The Morgan fingerprint density at radius 2 is 2.27 bits per heavy atom. The van der Waals surface area contributed by atoms with Crippen molar-refractivity contribution < 1.29 is 14.3 Å². The summed E-state index contributed by atoms with van der Waals surface area (Å²) in [6.07, 6.45) is 3.66. The minimum atomic E-state index is 0.0560. The van der Waals surface area contributed by atoms with Gasteiger partial charge in [0.15, 0.2) is 5.78 Å². The average molecular weight is 212 g/mol. The standard InChI is InChI=1S/C10H16N2O3/c1-12-8-9(7-11-12)10(13)3-4-15-6-5-14-2/h7-8H,3-6H2,1-2H3. The number of carbonyl (C=O) groups is 1. The van der Waals surface area contributed by atoms with Crippen molar-refractivity contribution in [1.29, 1.82) is 0 Å². The van der Waals surface area contributed by atoms with E-state index in [1.54, 1.807) is 31.2 Å². The molecule has 0 bridgehead atoms. The highest BCUT2D eigenvalue weighted by Gasteiger charge is 2.07. The lowest BCUT2D eigenvalue weighted by Crippen LogP contribution is -2.07. The molecule has 0 radical (unpaired) electrons. The molecule has 0 N–H and O–H groups in total. The maximum atomic E-state index is 11.5. The number of aryl methyl sites for hydroxylation is 1. The fourth-order valence-corrected chi connectivity index (χ4v) is 1.12. The summed E-state index contributed by atoms with van der Waals surface area (Å²) in [6.45, 7) is 1.51. The second-order valence-corrected chi connectivity index (χ2v) is 3.18. The lowest BCUT2D eigenvalue weighted by molar-refractivity contribution is 0.0641. The predicted octanol–water partition coefficient (Wildman–Crippen LogP) is 0.656. The minimum Gasteiger partial charge on any atom is -0.382 e. The first-order valence-corrected chi connectivity index (χ1v) is 4.82. The summed E-state index contributed by atoms with van der Waals surface area (Å²) in [4.78, 5) is 11.5. The van der Waals surface area contributed by atoms with Crippen LogP contribution in [0.4, 0.5) is 0 Å². The highest BCUT2D eigenvalue weighted by atomic mass is 16.5. The van der Waals surface area contributed by atoms with Crippen molar-refractivity contribution in [2.75, 3.05) is 26.9 Å². The molecular weight excluding hydrogens is 196 g/mol. The lowest BCUT2D eigenvalue weighted by Gasteiger charge is -2.01. The highest BCUT2D eigenvalue weighted by molar-refractivity contribution is 5.95. The monoisotopic (exact) mass is 212 g/mol. The van der Waals surface area contributed by atoms with E-state index >= 15 is 0 Å². The van der Waals surface area contributed by atoms with Crippen LogP contribution >= 0.6 is 0 Å². The van der Waals surface area contributed by atoms with Crippen LogP contribution in [0.2, 0.25) is 0 Å². The number of carbonyl (C=O) groups excluding carboxylic acids is 1. The second kappa shape index (κ2) is 6.31. The zero-order chi connectivity index (χ0) is 11.1. The van der Waals surface area contributed by atoms with E-state index < -0.39 is 0 Å². The molecule has 0 spiro atoms. The Morgan fingerprint density at radius 3 is 2.87 bits per heavy atom. The Hall–Kier alpha value is -1.20. The van der Waals surface area contributed by atoms with Gasteiger partial charge in [0, 0.05) is 26.8 Å². The van der Waals surface area contributed by atoms with E-state index in [1.165, 1.54) is 0 Å². The van der Waals surface area contributed by atoms with E-state index in [0.29, 0.717) is 31.8 Å². The van der Waals surface area contributed by atoms with Crippen LogP contribution in [0, 0.1) is 0 Å². The predicted molar refractivity (Wildman–Crippen MR) is 54.9 cm³/mol. The highest BCUT2D eigenvalue weighted by Crippen LogP contribution is 2.01. The van der Waals surface area contributed by atoms with Crippen LogP contribution in [0.15, 0.2) is 12.4 Å². The van der Waals surface area contributed by atoms with Gasteiger partial charge in [0.05, 0.1) is 31.6 Å². The summed E-state index contributed by atoms with van der Waals surface area (Å²) in [7, 11) is 3.40. The molecule has 84 valence electrons. The number of aromatic nitrogens is 2. The van der Waals surface area contributed by atoms with E-state index in [4.69, 9.17) is 9.47 Å². The Balaban J connectivity index is 2.19. The van der Waals surface area contributed by atoms with Gasteiger partial charge in [-0.3, -0.25) is 9.48 Å². The maximum absolute atomic E-state index is 11.5. The Morgan fingerprint density at radius 1 is 1.47 bits per heavy atom. The number of methoxy groups -OCH3 is 1. The number of Topliss-reactive ketones (excluding diaryl/α,β-unsaturated/α-hetero) is 1. The van der Waals surface area contributed by atoms with Gasteiger partial charge in [0.2, 0.25) is 0 Å². The molecule has 0 saturated heterocycles. The third-order valence-electron chi connectivity index (χ3n) is 1.93. The quantitative estimate of drug-likeness (QED) is 0.492. The summed E-state index contributed by atoms with van der Waals surface area (Å²) in [5, 5.41) is 3.93. The number of hydrogen-bond donors (Lipinski definition) is 0. The van der Waals surface area contributed by atoms with Crippen molar-refractivity contribution >= 4 is 5.78 Å². The van der Waals surface area contributed by atoms with Gasteiger partial charge in [-0.15, -0.1) is 0 Å². The summed E-state index contributed by atoms with van der Waals surface area (Å²) in [5.41, 5.74) is 0.632. The maximum Gasteiger partial charge on any atom is 0.168 e. The van der Waals surface area contributed by atoms with E-state index in [9.17, 15) is 4.79 Å². The fraction of sp³-hybridized carbons (Fsp3) is 0.600.